The first-order valence-corrected chi connectivity index (χ1v) is 5.75. The number of rotatable bonds is 1. The minimum absolute atomic E-state index is 0.0860. The van der Waals surface area contributed by atoms with Gasteiger partial charge in [-0.25, -0.2) is 13.6 Å². The van der Waals surface area contributed by atoms with Gasteiger partial charge in [0.15, 0.2) is 0 Å². The standard InChI is InChI=1S/C9H10N2O3S/c1-11-3-2-7-8(11)4-6(5-9(7)12)15(10,13)14/h2-5,12H,1H3,(H2,10,13,14). The summed E-state index contributed by atoms with van der Waals surface area (Å²) in [5.74, 6) is -0.0860. The second-order valence-electron chi connectivity index (χ2n) is 3.35. The highest BCUT2D eigenvalue weighted by Gasteiger charge is 2.13. The number of primary sulfonamides is 1. The van der Waals surface area contributed by atoms with Gasteiger partial charge in [0.1, 0.15) is 5.75 Å². The molecule has 0 amide bonds. The van der Waals surface area contributed by atoms with Crippen LogP contribution in [0.2, 0.25) is 0 Å². The van der Waals surface area contributed by atoms with E-state index in [0.717, 1.165) is 6.07 Å². The number of fused-ring (bicyclic) bond motifs is 1. The Bertz CT molecular complexity index is 628. The fourth-order valence-electron chi connectivity index (χ4n) is 1.49. The van der Waals surface area contributed by atoms with E-state index in [4.69, 9.17) is 5.14 Å². The number of phenols is 1. The number of aromatic nitrogens is 1. The molecule has 0 atom stereocenters. The summed E-state index contributed by atoms with van der Waals surface area (Å²) in [6.45, 7) is 0. The van der Waals surface area contributed by atoms with Crippen LogP contribution < -0.4 is 5.14 Å². The molecular formula is C9H10N2O3S. The van der Waals surface area contributed by atoms with Crippen molar-refractivity contribution in [2.45, 2.75) is 4.90 Å². The minimum atomic E-state index is -3.78. The summed E-state index contributed by atoms with van der Waals surface area (Å²) < 4.78 is 24.0. The van der Waals surface area contributed by atoms with Gasteiger partial charge in [-0.2, -0.15) is 0 Å². The Morgan fingerprint density at radius 2 is 2.07 bits per heavy atom. The van der Waals surface area contributed by atoms with Gasteiger partial charge in [-0.05, 0) is 12.1 Å². The lowest BCUT2D eigenvalue weighted by Gasteiger charge is -2.02. The van der Waals surface area contributed by atoms with E-state index in [1.54, 1.807) is 23.9 Å². The third kappa shape index (κ3) is 1.57. The topological polar surface area (TPSA) is 85.3 Å². The summed E-state index contributed by atoms with van der Waals surface area (Å²) >= 11 is 0. The zero-order valence-electron chi connectivity index (χ0n) is 8.01. The molecule has 2 rings (SSSR count). The second kappa shape index (κ2) is 2.98. The second-order valence-corrected chi connectivity index (χ2v) is 4.91. The summed E-state index contributed by atoms with van der Waals surface area (Å²) in [7, 11) is -2.03. The molecular weight excluding hydrogens is 216 g/mol. The molecule has 1 aromatic carbocycles. The number of nitrogens with zero attached hydrogens (tertiary/aromatic N) is 1. The maximum atomic E-state index is 11.1. The average molecular weight is 226 g/mol. The van der Waals surface area contributed by atoms with Crippen LogP contribution in [-0.2, 0) is 17.1 Å². The van der Waals surface area contributed by atoms with Gasteiger partial charge in [0.2, 0.25) is 10.0 Å². The van der Waals surface area contributed by atoms with Gasteiger partial charge in [-0.3, -0.25) is 0 Å². The first-order chi connectivity index (χ1) is 6.89. The SMILES string of the molecule is Cn1ccc2c(O)cc(S(N)(=O)=O)cc21. The van der Waals surface area contributed by atoms with Crippen molar-refractivity contribution in [3.05, 3.63) is 24.4 Å². The highest BCUT2D eigenvalue weighted by molar-refractivity contribution is 7.89. The predicted octanol–water partition coefficient (Wildman–Crippen LogP) is 0.531. The Hall–Kier alpha value is -1.53. The Labute approximate surface area is 86.8 Å². The number of benzene rings is 1. The zero-order chi connectivity index (χ0) is 11.2. The largest absolute Gasteiger partial charge is 0.507 e. The molecule has 1 aromatic heterocycles. The molecule has 80 valence electrons. The van der Waals surface area contributed by atoms with Crippen molar-refractivity contribution >= 4 is 20.9 Å². The molecule has 0 saturated heterocycles. The third-order valence-electron chi connectivity index (χ3n) is 2.28. The number of aromatic hydroxyl groups is 1. The van der Waals surface area contributed by atoms with Crippen molar-refractivity contribution in [1.82, 2.24) is 4.57 Å². The Morgan fingerprint density at radius 1 is 1.40 bits per heavy atom. The normalized spacial score (nSPS) is 12.1. The fraction of sp³-hybridized carbons (Fsp3) is 0.111. The molecule has 0 spiro atoms. The molecule has 15 heavy (non-hydrogen) atoms. The summed E-state index contributed by atoms with van der Waals surface area (Å²) in [5.41, 5.74) is 0.624. The van der Waals surface area contributed by atoms with Crippen LogP contribution in [0.5, 0.6) is 5.75 Å². The van der Waals surface area contributed by atoms with Crippen LogP contribution in [-0.4, -0.2) is 18.1 Å². The maximum Gasteiger partial charge on any atom is 0.238 e. The lowest BCUT2D eigenvalue weighted by Crippen LogP contribution is -2.12. The van der Waals surface area contributed by atoms with Crippen LogP contribution in [0.4, 0.5) is 0 Å². The van der Waals surface area contributed by atoms with Crippen molar-refractivity contribution in [3.8, 4) is 5.75 Å². The molecule has 3 N–H and O–H groups in total. The number of hydrogen-bond donors (Lipinski definition) is 2. The number of phenolic OH excluding ortho intramolecular Hbond substituents is 1. The monoisotopic (exact) mass is 226 g/mol. The van der Waals surface area contributed by atoms with Crippen molar-refractivity contribution < 1.29 is 13.5 Å². The minimum Gasteiger partial charge on any atom is -0.507 e. The van der Waals surface area contributed by atoms with Crippen molar-refractivity contribution in [3.63, 3.8) is 0 Å². The van der Waals surface area contributed by atoms with Gasteiger partial charge in [-0.1, -0.05) is 0 Å². The van der Waals surface area contributed by atoms with E-state index in [0.29, 0.717) is 10.9 Å². The quantitative estimate of drug-likeness (QED) is 0.743. The van der Waals surface area contributed by atoms with E-state index in [9.17, 15) is 13.5 Å². The number of hydrogen-bond acceptors (Lipinski definition) is 3. The fourth-order valence-corrected chi connectivity index (χ4v) is 2.04. The summed E-state index contributed by atoms with van der Waals surface area (Å²) in [6.07, 6.45) is 1.73. The Morgan fingerprint density at radius 3 is 2.67 bits per heavy atom. The molecule has 1 heterocycles. The van der Waals surface area contributed by atoms with Crippen LogP contribution in [0.15, 0.2) is 29.3 Å². The van der Waals surface area contributed by atoms with Crippen molar-refractivity contribution in [2.24, 2.45) is 12.2 Å². The van der Waals surface area contributed by atoms with Crippen LogP contribution >= 0.6 is 0 Å². The predicted molar refractivity (Wildman–Crippen MR) is 56.0 cm³/mol. The molecule has 6 heteroatoms. The molecule has 0 unspecified atom stereocenters. The summed E-state index contributed by atoms with van der Waals surface area (Å²) in [4.78, 5) is -0.0886. The van der Waals surface area contributed by atoms with Gasteiger partial charge in [0, 0.05) is 24.7 Å². The van der Waals surface area contributed by atoms with Crippen LogP contribution in [0.25, 0.3) is 10.9 Å². The first-order valence-electron chi connectivity index (χ1n) is 4.20. The Balaban J connectivity index is 2.88. The highest BCUT2D eigenvalue weighted by Crippen LogP contribution is 2.28. The molecule has 0 aliphatic carbocycles. The van der Waals surface area contributed by atoms with Crippen LogP contribution in [0.3, 0.4) is 0 Å². The molecule has 0 aliphatic rings. The zero-order valence-corrected chi connectivity index (χ0v) is 8.82. The molecule has 0 radical (unpaired) electrons. The van der Waals surface area contributed by atoms with E-state index >= 15 is 0 Å². The molecule has 0 bridgehead atoms. The maximum absolute atomic E-state index is 11.1. The number of aryl methyl sites for hydroxylation is 1. The lowest BCUT2D eigenvalue weighted by atomic mass is 10.2. The van der Waals surface area contributed by atoms with E-state index in [2.05, 4.69) is 0 Å². The first kappa shape index (κ1) is 10.0. The lowest BCUT2D eigenvalue weighted by molar-refractivity contribution is 0.479. The van der Waals surface area contributed by atoms with E-state index < -0.39 is 10.0 Å². The molecule has 0 saturated carbocycles. The molecule has 0 aliphatic heterocycles. The Kier molecular flexibility index (Phi) is 1.99. The van der Waals surface area contributed by atoms with Crippen molar-refractivity contribution in [2.75, 3.05) is 0 Å². The molecule has 2 aromatic rings. The van der Waals surface area contributed by atoms with E-state index in [-0.39, 0.29) is 10.6 Å². The van der Waals surface area contributed by atoms with Gasteiger partial charge in [0.25, 0.3) is 0 Å². The number of sulfonamides is 1. The van der Waals surface area contributed by atoms with E-state index in [1.807, 2.05) is 0 Å². The molecule has 5 nitrogen and oxygen atoms in total. The highest BCUT2D eigenvalue weighted by atomic mass is 32.2. The van der Waals surface area contributed by atoms with Gasteiger partial charge >= 0.3 is 0 Å². The smallest absolute Gasteiger partial charge is 0.238 e. The van der Waals surface area contributed by atoms with Gasteiger partial charge in [-0.15, -0.1) is 0 Å². The number of nitrogens with two attached hydrogens (primary N) is 1. The van der Waals surface area contributed by atoms with Crippen LogP contribution in [0.1, 0.15) is 0 Å². The third-order valence-corrected chi connectivity index (χ3v) is 3.18. The van der Waals surface area contributed by atoms with Crippen LogP contribution in [0, 0.1) is 0 Å². The van der Waals surface area contributed by atoms with Gasteiger partial charge < -0.3 is 9.67 Å². The molecule has 0 fully saturated rings. The van der Waals surface area contributed by atoms with Crippen molar-refractivity contribution in [1.29, 1.82) is 0 Å². The average Bonchev–Trinajstić information content (AvgIpc) is 2.47. The van der Waals surface area contributed by atoms with Gasteiger partial charge in [0.05, 0.1) is 10.4 Å². The summed E-state index contributed by atoms with van der Waals surface area (Å²) in [6, 6.07) is 4.29. The van der Waals surface area contributed by atoms with E-state index in [1.165, 1.54) is 6.07 Å². The summed E-state index contributed by atoms with van der Waals surface area (Å²) in [5, 5.41) is 15.2.